The van der Waals surface area contributed by atoms with E-state index >= 15 is 0 Å². The smallest absolute Gasteiger partial charge is 0.255 e. The Balaban J connectivity index is 1.46. The summed E-state index contributed by atoms with van der Waals surface area (Å²) in [6, 6.07) is 20.1. The van der Waals surface area contributed by atoms with Crippen molar-refractivity contribution < 1.29 is 22.7 Å². The molecule has 0 saturated carbocycles. The van der Waals surface area contributed by atoms with Gasteiger partial charge in [0.25, 0.3) is 5.91 Å². The van der Waals surface area contributed by atoms with Crippen LogP contribution in [0.1, 0.15) is 28.4 Å². The maximum atomic E-state index is 13.2. The van der Waals surface area contributed by atoms with Crippen molar-refractivity contribution in [3.63, 3.8) is 0 Å². The molecule has 0 aliphatic carbocycles. The molecule has 1 atom stereocenters. The number of fused-ring (bicyclic) bond motifs is 1. The summed E-state index contributed by atoms with van der Waals surface area (Å²) in [5, 5.41) is 5.61. The summed E-state index contributed by atoms with van der Waals surface area (Å²) in [7, 11) is -2.02. The first-order valence-corrected chi connectivity index (χ1v) is 12.8. The second kappa shape index (κ2) is 10.3. The molecular formula is C26H27N3O5S. The number of rotatable bonds is 7. The average molecular weight is 494 g/mol. The topological polar surface area (TPSA) is 105 Å². The van der Waals surface area contributed by atoms with E-state index in [1.165, 1.54) is 4.31 Å². The van der Waals surface area contributed by atoms with E-state index in [2.05, 4.69) is 10.6 Å². The Kier molecular flexibility index (Phi) is 7.18. The molecule has 2 N–H and O–H groups in total. The quantitative estimate of drug-likeness (QED) is 0.523. The molecule has 1 aliphatic heterocycles. The summed E-state index contributed by atoms with van der Waals surface area (Å²) < 4.78 is 31.9. The van der Waals surface area contributed by atoms with E-state index in [4.69, 9.17) is 4.74 Å². The van der Waals surface area contributed by atoms with Crippen molar-refractivity contribution in [2.75, 3.05) is 23.5 Å². The lowest BCUT2D eigenvalue weighted by Crippen LogP contribution is -2.51. The summed E-state index contributed by atoms with van der Waals surface area (Å²) in [6.45, 7) is 1.73. The van der Waals surface area contributed by atoms with E-state index in [1.807, 2.05) is 24.3 Å². The first-order valence-electron chi connectivity index (χ1n) is 11.2. The number of nitrogens with zero attached hydrogens (tertiary/aromatic N) is 1. The highest BCUT2D eigenvalue weighted by Gasteiger charge is 2.37. The number of sulfonamides is 1. The lowest BCUT2D eigenvalue weighted by Gasteiger charge is -2.34. The number of methoxy groups -OCH3 is 1. The van der Waals surface area contributed by atoms with Crippen molar-refractivity contribution in [3.8, 4) is 5.75 Å². The second-order valence-electron chi connectivity index (χ2n) is 8.18. The van der Waals surface area contributed by atoms with Gasteiger partial charge in [-0.25, -0.2) is 8.42 Å². The van der Waals surface area contributed by atoms with Crippen LogP contribution in [0.15, 0.2) is 72.8 Å². The number of amides is 2. The molecule has 4 rings (SSSR count). The maximum Gasteiger partial charge on any atom is 0.255 e. The molecule has 182 valence electrons. The fraction of sp³-hybridized carbons (Fsp3) is 0.231. The molecule has 9 heteroatoms. The summed E-state index contributed by atoms with van der Waals surface area (Å²) in [5.74, 6) is -0.101. The molecular weight excluding hydrogens is 466 g/mol. The number of hydrogen-bond acceptors (Lipinski definition) is 5. The molecule has 1 heterocycles. The number of anilines is 2. The average Bonchev–Trinajstić information content (AvgIpc) is 2.88. The number of benzene rings is 3. The predicted molar refractivity (Wildman–Crippen MR) is 135 cm³/mol. The van der Waals surface area contributed by atoms with Gasteiger partial charge in [0.05, 0.1) is 12.9 Å². The summed E-state index contributed by atoms with van der Waals surface area (Å²) in [4.78, 5) is 25.7. The van der Waals surface area contributed by atoms with Crippen LogP contribution in [0.5, 0.6) is 5.75 Å². The third-order valence-corrected chi connectivity index (χ3v) is 7.82. The Hall–Kier alpha value is -3.69. The normalized spacial score (nSPS) is 15.7. The van der Waals surface area contributed by atoms with Gasteiger partial charge in [0, 0.05) is 23.5 Å². The van der Waals surface area contributed by atoms with E-state index in [9.17, 15) is 18.0 Å². The van der Waals surface area contributed by atoms with Crippen LogP contribution in [0, 0.1) is 0 Å². The van der Waals surface area contributed by atoms with Crippen molar-refractivity contribution in [1.29, 1.82) is 0 Å². The Bertz CT molecular complexity index is 1320. The zero-order valence-corrected chi connectivity index (χ0v) is 20.3. The Morgan fingerprint density at radius 1 is 0.914 bits per heavy atom. The zero-order chi connectivity index (χ0) is 25.0. The van der Waals surface area contributed by atoms with Gasteiger partial charge < -0.3 is 15.4 Å². The minimum Gasteiger partial charge on any atom is -0.497 e. The molecule has 0 radical (unpaired) electrons. The largest absolute Gasteiger partial charge is 0.497 e. The number of hydrogen-bond donors (Lipinski definition) is 2. The standard InChI is InChI=1S/C26H27N3O5S/c1-3-35(32,33)29-17-20-7-5-4-6-19(20)16-24(29)26(31)28-21-10-8-18(9-11-21)25(30)27-22-12-14-23(34-2)15-13-22/h4-15,24H,3,16-17H2,1-2H3,(H,27,30)(H,28,31)/t24-/m1/s1. The molecule has 0 spiro atoms. The summed E-state index contributed by atoms with van der Waals surface area (Å²) in [6.07, 6.45) is 0.295. The lowest BCUT2D eigenvalue weighted by molar-refractivity contribution is -0.120. The Labute approximate surface area is 205 Å². The molecule has 0 unspecified atom stereocenters. The van der Waals surface area contributed by atoms with Crippen molar-refractivity contribution in [2.45, 2.75) is 25.9 Å². The summed E-state index contributed by atoms with van der Waals surface area (Å²) in [5.41, 5.74) is 3.38. The third-order valence-electron chi connectivity index (χ3n) is 5.99. The highest BCUT2D eigenvalue weighted by Crippen LogP contribution is 2.27. The van der Waals surface area contributed by atoms with Crippen LogP contribution in [0.2, 0.25) is 0 Å². The van der Waals surface area contributed by atoms with Gasteiger partial charge in [-0.05, 0) is 73.0 Å². The number of nitrogens with one attached hydrogen (secondary N) is 2. The molecule has 35 heavy (non-hydrogen) atoms. The Morgan fingerprint density at radius 2 is 1.51 bits per heavy atom. The molecule has 0 aromatic heterocycles. The lowest BCUT2D eigenvalue weighted by atomic mass is 9.95. The number of ether oxygens (including phenoxy) is 1. The van der Waals surface area contributed by atoms with E-state index in [-0.39, 0.29) is 18.2 Å². The van der Waals surface area contributed by atoms with Crippen LogP contribution in [-0.4, -0.2) is 43.4 Å². The van der Waals surface area contributed by atoms with Gasteiger partial charge in [-0.1, -0.05) is 24.3 Å². The number of carbonyl (C=O) groups is 2. The van der Waals surface area contributed by atoms with E-state index in [0.29, 0.717) is 29.1 Å². The van der Waals surface area contributed by atoms with Gasteiger partial charge in [-0.15, -0.1) is 0 Å². The predicted octanol–water partition coefficient (Wildman–Crippen LogP) is 3.66. The zero-order valence-electron chi connectivity index (χ0n) is 19.5. The third kappa shape index (κ3) is 5.52. The molecule has 0 fully saturated rings. The van der Waals surface area contributed by atoms with Gasteiger partial charge in [0.1, 0.15) is 11.8 Å². The molecule has 0 saturated heterocycles. The van der Waals surface area contributed by atoms with Gasteiger partial charge in [0.15, 0.2) is 0 Å². The van der Waals surface area contributed by atoms with Crippen molar-refractivity contribution in [1.82, 2.24) is 4.31 Å². The van der Waals surface area contributed by atoms with Crippen LogP contribution in [0.3, 0.4) is 0 Å². The van der Waals surface area contributed by atoms with Crippen LogP contribution in [0.25, 0.3) is 0 Å². The second-order valence-corrected chi connectivity index (χ2v) is 10.4. The fourth-order valence-electron chi connectivity index (χ4n) is 3.99. The van der Waals surface area contributed by atoms with Crippen LogP contribution < -0.4 is 15.4 Å². The molecule has 8 nitrogen and oxygen atoms in total. The van der Waals surface area contributed by atoms with Crippen molar-refractivity contribution in [3.05, 3.63) is 89.5 Å². The monoisotopic (exact) mass is 493 g/mol. The van der Waals surface area contributed by atoms with E-state index < -0.39 is 22.0 Å². The molecule has 3 aromatic rings. The Morgan fingerprint density at radius 3 is 2.14 bits per heavy atom. The van der Waals surface area contributed by atoms with Crippen molar-refractivity contribution >= 4 is 33.2 Å². The first-order chi connectivity index (χ1) is 16.8. The summed E-state index contributed by atoms with van der Waals surface area (Å²) >= 11 is 0. The van der Waals surface area contributed by atoms with Crippen LogP contribution in [0.4, 0.5) is 11.4 Å². The minimum atomic E-state index is -3.59. The SMILES string of the molecule is CCS(=O)(=O)N1Cc2ccccc2C[C@@H]1C(=O)Nc1ccc(C(=O)Nc2ccc(OC)cc2)cc1. The van der Waals surface area contributed by atoms with Crippen LogP contribution in [-0.2, 0) is 27.8 Å². The fourth-order valence-corrected chi connectivity index (χ4v) is 5.21. The van der Waals surface area contributed by atoms with Crippen LogP contribution >= 0.6 is 0 Å². The first kappa shape index (κ1) is 24.4. The van der Waals surface area contributed by atoms with Crippen molar-refractivity contribution in [2.24, 2.45) is 0 Å². The highest BCUT2D eigenvalue weighted by molar-refractivity contribution is 7.89. The molecule has 2 amide bonds. The minimum absolute atomic E-state index is 0.0864. The van der Waals surface area contributed by atoms with Gasteiger partial charge in [-0.3, -0.25) is 9.59 Å². The highest BCUT2D eigenvalue weighted by atomic mass is 32.2. The molecule has 1 aliphatic rings. The van der Waals surface area contributed by atoms with Gasteiger partial charge in [0.2, 0.25) is 15.9 Å². The maximum absolute atomic E-state index is 13.2. The van der Waals surface area contributed by atoms with Gasteiger partial charge >= 0.3 is 0 Å². The van der Waals surface area contributed by atoms with E-state index in [0.717, 1.165) is 11.1 Å². The van der Waals surface area contributed by atoms with E-state index in [1.54, 1.807) is 62.6 Å². The van der Waals surface area contributed by atoms with Gasteiger partial charge in [-0.2, -0.15) is 4.31 Å². The molecule has 0 bridgehead atoms. The number of carbonyl (C=O) groups excluding carboxylic acids is 2. The molecule has 3 aromatic carbocycles.